The predicted molar refractivity (Wildman–Crippen MR) is 108 cm³/mol. The Balaban J connectivity index is 1.73. The van der Waals surface area contributed by atoms with Crippen molar-refractivity contribution in [1.29, 1.82) is 0 Å². The van der Waals surface area contributed by atoms with Gasteiger partial charge in [-0.3, -0.25) is 4.79 Å². The van der Waals surface area contributed by atoms with Crippen molar-refractivity contribution in [3.63, 3.8) is 0 Å². The minimum atomic E-state index is -0.0649. The molecule has 28 heavy (non-hydrogen) atoms. The Kier molecular flexibility index (Phi) is 5.27. The Labute approximate surface area is 172 Å². The third kappa shape index (κ3) is 3.47. The number of carbonyl (C=O) groups is 1. The van der Waals surface area contributed by atoms with Crippen LogP contribution in [0.4, 0.5) is 0 Å². The van der Waals surface area contributed by atoms with Crippen LogP contribution in [0.25, 0.3) is 4.96 Å². The van der Waals surface area contributed by atoms with Crippen molar-refractivity contribution in [1.82, 2.24) is 19.5 Å². The Morgan fingerprint density at radius 2 is 2.00 bits per heavy atom. The van der Waals surface area contributed by atoms with Gasteiger partial charge in [0.2, 0.25) is 16.7 Å². The summed E-state index contributed by atoms with van der Waals surface area (Å²) in [5.41, 5.74) is 1.08. The number of aromatic nitrogens is 3. The molecule has 0 aliphatic carbocycles. The summed E-state index contributed by atoms with van der Waals surface area (Å²) in [6.45, 7) is 6.62. The maximum Gasteiger partial charge on any atom is 0.235 e. The van der Waals surface area contributed by atoms with E-state index in [2.05, 4.69) is 10.1 Å². The lowest BCUT2D eigenvalue weighted by atomic mass is 10.0. The maximum atomic E-state index is 11.7. The smallest absolute Gasteiger partial charge is 0.235 e. The van der Waals surface area contributed by atoms with Crippen molar-refractivity contribution in [2.24, 2.45) is 0 Å². The van der Waals surface area contributed by atoms with Gasteiger partial charge in [0, 0.05) is 23.9 Å². The van der Waals surface area contributed by atoms with Crippen LogP contribution in [-0.4, -0.2) is 56.7 Å². The summed E-state index contributed by atoms with van der Waals surface area (Å²) < 4.78 is 1.53. The van der Waals surface area contributed by atoms with E-state index in [1.54, 1.807) is 6.92 Å². The number of fused-ring (bicyclic) bond motifs is 1. The van der Waals surface area contributed by atoms with Crippen LogP contribution in [0.3, 0.4) is 0 Å². The van der Waals surface area contributed by atoms with Crippen molar-refractivity contribution in [3.05, 3.63) is 45.6 Å². The molecule has 2 aromatic heterocycles. The van der Waals surface area contributed by atoms with Gasteiger partial charge in [-0.05, 0) is 12.1 Å². The second-order valence-electron chi connectivity index (χ2n) is 7.01. The molecule has 0 saturated carbocycles. The summed E-state index contributed by atoms with van der Waals surface area (Å²) in [6, 6.07) is 7.69. The molecule has 1 saturated heterocycles. The molecule has 4 rings (SSSR count). The first-order chi connectivity index (χ1) is 13.5. The molecule has 3 aromatic rings. The second-order valence-corrected chi connectivity index (χ2v) is 8.46. The standard InChI is InChI=1S/C19H22ClN5O2S/c1-3-15-21-19-25(22-15)18(27)17(28-19)16(13-4-6-14(20)7-5-13)24-10-8-23(9-11-24)12(2)26/h4-7,16,27H,3,8-11H2,1-2H3/p+1/t16-/m0/s1. The van der Waals surface area contributed by atoms with Gasteiger partial charge in [-0.15, -0.1) is 5.10 Å². The van der Waals surface area contributed by atoms with Crippen LogP contribution in [0.1, 0.15) is 36.2 Å². The first kappa shape index (κ1) is 19.2. The molecule has 1 atom stereocenters. The third-order valence-corrected chi connectivity index (χ3v) is 6.62. The lowest BCUT2D eigenvalue weighted by molar-refractivity contribution is -0.929. The Hall–Kier alpha value is -2.16. The number of rotatable bonds is 4. The minimum absolute atomic E-state index is 0.0649. The molecule has 7 nitrogen and oxygen atoms in total. The van der Waals surface area contributed by atoms with Crippen molar-refractivity contribution in [3.8, 4) is 5.88 Å². The highest BCUT2D eigenvalue weighted by molar-refractivity contribution is 7.17. The fourth-order valence-electron chi connectivity index (χ4n) is 3.75. The Morgan fingerprint density at radius 3 is 2.57 bits per heavy atom. The average Bonchev–Trinajstić information content (AvgIpc) is 3.23. The molecule has 2 N–H and O–H groups in total. The van der Waals surface area contributed by atoms with E-state index in [-0.39, 0.29) is 17.8 Å². The molecule has 0 unspecified atom stereocenters. The van der Waals surface area contributed by atoms with Gasteiger partial charge >= 0.3 is 0 Å². The fourth-order valence-corrected chi connectivity index (χ4v) is 5.04. The van der Waals surface area contributed by atoms with Gasteiger partial charge in [0.05, 0.1) is 26.2 Å². The first-order valence-electron chi connectivity index (χ1n) is 9.40. The molecule has 0 spiro atoms. The topological polar surface area (TPSA) is 75.2 Å². The lowest BCUT2D eigenvalue weighted by Gasteiger charge is -2.36. The SMILES string of the molecule is CCc1nc2sc([C@H](c3ccc(Cl)cc3)[NH+]3CCN(C(C)=O)CC3)c(O)n2n1. The highest BCUT2D eigenvalue weighted by Gasteiger charge is 2.35. The Bertz CT molecular complexity index is 992. The molecule has 1 aliphatic heterocycles. The van der Waals surface area contributed by atoms with Gasteiger partial charge in [0.25, 0.3) is 0 Å². The molecule has 0 bridgehead atoms. The summed E-state index contributed by atoms with van der Waals surface area (Å²) >= 11 is 7.56. The van der Waals surface area contributed by atoms with Gasteiger partial charge in [-0.25, -0.2) is 4.98 Å². The fraction of sp³-hybridized carbons (Fsp3) is 0.421. The molecule has 148 valence electrons. The molecular formula is C19H23ClN5O2S+. The van der Waals surface area contributed by atoms with E-state index in [1.165, 1.54) is 20.8 Å². The summed E-state index contributed by atoms with van der Waals surface area (Å²) in [7, 11) is 0. The molecule has 1 amide bonds. The average molecular weight is 421 g/mol. The van der Waals surface area contributed by atoms with Gasteiger partial charge in [-0.2, -0.15) is 4.52 Å². The quantitative estimate of drug-likeness (QED) is 0.671. The van der Waals surface area contributed by atoms with E-state index < -0.39 is 0 Å². The predicted octanol–water partition coefficient (Wildman–Crippen LogP) is 1.55. The number of aryl methyl sites for hydroxylation is 1. The zero-order valence-electron chi connectivity index (χ0n) is 15.9. The molecule has 3 heterocycles. The van der Waals surface area contributed by atoms with E-state index in [4.69, 9.17) is 11.6 Å². The summed E-state index contributed by atoms with van der Waals surface area (Å²) in [4.78, 5) is 20.9. The van der Waals surface area contributed by atoms with E-state index in [0.29, 0.717) is 23.1 Å². The number of nitrogens with one attached hydrogen (secondary N) is 1. The molecule has 1 aliphatic rings. The van der Waals surface area contributed by atoms with Gasteiger partial charge < -0.3 is 14.9 Å². The highest BCUT2D eigenvalue weighted by Crippen LogP contribution is 2.35. The van der Waals surface area contributed by atoms with E-state index in [9.17, 15) is 9.90 Å². The maximum absolute atomic E-state index is 11.7. The Morgan fingerprint density at radius 1 is 1.32 bits per heavy atom. The second kappa shape index (κ2) is 7.69. The number of thiazole rings is 1. The largest absolute Gasteiger partial charge is 0.492 e. The highest BCUT2D eigenvalue weighted by atomic mass is 35.5. The number of hydrogen-bond acceptors (Lipinski definition) is 5. The number of carbonyl (C=O) groups excluding carboxylic acids is 1. The number of amides is 1. The van der Waals surface area contributed by atoms with Crippen molar-refractivity contribution >= 4 is 33.8 Å². The van der Waals surface area contributed by atoms with Crippen LogP contribution in [0, 0.1) is 0 Å². The van der Waals surface area contributed by atoms with E-state index in [0.717, 1.165) is 35.8 Å². The zero-order valence-corrected chi connectivity index (χ0v) is 17.4. The van der Waals surface area contributed by atoms with Gasteiger partial charge in [-0.1, -0.05) is 42.0 Å². The zero-order chi connectivity index (χ0) is 19.8. The molecule has 9 heteroatoms. The van der Waals surface area contributed by atoms with Crippen LogP contribution in [0.5, 0.6) is 5.88 Å². The van der Waals surface area contributed by atoms with Crippen LogP contribution in [0.15, 0.2) is 24.3 Å². The third-order valence-electron chi connectivity index (χ3n) is 5.28. The number of benzene rings is 1. The molecule has 1 aromatic carbocycles. The number of nitrogens with zero attached hydrogens (tertiary/aromatic N) is 4. The monoisotopic (exact) mass is 420 g/mol. The summed E-state index contributed by atoms with van der Waals surface area (Å²) in [5.74, 6) is 0.975. The number of hydrogen-bond donors (Lipinski definition) is 2. The van der Waals surface area contributed by atoms with Crippen molar-refractivity contribution < 1.29 is 14.8 Å². The van der Waals surface area contributed by atoms with Gasteiger partial charge in [0.1, 0.15) is 4.88 Å². The summed E-state index contributed by atoms with van der Waals surface area (Å²) in [6.07, 6.45) is 0.724. The van der Waals surface area contributed by atoms with Gasteiger partial charge in [0.15, 0.2) is 11.9 Å². The molecule has 1 fully saturated rings. The molecular weight excluding hydrogens is 398 g/mol. The van der Waals surface area contributed by atoms with Crippen molar-refractivity contribution in [2.75, 3.05) is 26.2 Å². The number of aromatic hydroxyl groups is 1. The van der Waals surface area contributed by atoms with Crippen LogP contribution < -0.4 is 4.90 Å². The normalized spacial score (nSPS) is 16.6. The van der Waals surface area contributed by atoms with E-state index >= 15 is 0 Å². The first-order valence-corrected chi connectivity index (χ1v) is 10.6. The number of quaternary nitrogens is 1. The van der Waals surface area contributed by atoms with Crippen LogP contribution in [-0.2, 0) is 11.2 Å². The van der Waals surface area contributed by atoms with Crippen molar-refractivity contribution in [2.45, 2.75) is 26.3 Å². The van der Waals surface area contributed by atoms with Crippen LogP contribution >= 0.6 is 22.9 Å². The number of piperazine rings is 1. The van der Waals surface area contributed by atoms with Crippen LogP contribution in [0.2, 0.25) is 5.02 Å². The minimum Gasteiger partial charge on any atom is -0.492 e. The number of halogens is 1. The molecule has 0 radical (unpaired) electrons. The van der Waals surface area contributed by atoms with E-state index in [1.807, 2.05) is 36.1 Å². The lowest BCUT2D eigenvalue weighted by Crippen LogP contribution is -3.15. The summed E-state index contributed by atoms with van der Waals surface area (Å²) in [5, 5.41) is 16.0.